The smallest absolute Gasteiger partial charge is 0.224 e. The molecule has 0 aromatic heterocycles. The zero-order valence-corrected chi connectivity index (χ0v) is 10.9. The number of benzene rings is 1. The van der Waals surface area contributed by atoms with Crippen molar-refractivity contribution in [3.05, 3.63) is 29.8 Å². The maximum absolute atomic E-state index is 11.7. The van der Waals surface area contributed by atoms with Crippen molar-refractivity contribution in [2.75, 3.05) is 11.9 Å². The number of para-hydroxylation sites is 1. The van der Waals surface area contributed by atoms with Gasteiger partial charge in [0.15, 0.2) is 0 Å². The summed E-state index contributed by atoms with van der Waals surface area (Å²) in [6.07, 6.45) is 0.565. The Morgan fingerprint density at radius 1 is 1.29 bits per heavy atom. The highest BCUT2D eigenvalue weighted by molar-refractivity contribution is 5.91. The molecule has 0 spiro atoms. The van der Waals surface area contributed by atoms with Crippen LogP contribution in [0.1, 0.15) is 32.8 Å². The summed E-state index contributed by atoms with van der Waals surface area (Å²) in [5.41, 5.74) is 2.05. The van der Waals surface area contributed by atoms with E-state index in [0.29, 0.717) is 12.3 Å². The van der Waals surface area contributed by atoms with Crippen LogP contribution < -0.4 is 10.6 Å². The lowest BCUT2D eigenvalue weighted by Crippen LogP contribution is -2.17. The second-order valence-electron chi connectivity index (χ2n) is 4.58. The maximum Gasteiger partial charge on any atom is 0.224 e. The zero-order chi connectivity index (χ0) is 12.7. The van der Waals surface area contributed by atoms with Gasteiger partial charge in [0.05, 0.1) is 0 Å². The predicted molar refractivity (Wildman–Crippen MR) is 71.9 cm³/mol. The summed E-state index contributed by atoms with van der Waals surface area (Å²) < 4.78 is 0. The second-order valence-corrected chi connectivity index (χ2v) is 4.58. The van der Waals surface area contributed by atoms with Crippen LogP contribution in [0.15, 0.2) is 24.3 Å². The minimum Gasteiger partial charge on any atom is -0.326 e. The summed E-state index contributed by atoms with van der Waals surface area (Å²) in [7, 11) is 0. The molecule has 1 amide bonds. The fourth-order valence-corrected chi connectivity index (χ4v) is 1.63. The molecule has 3 heteroatoms. The van der Waals surface area contributed by atoms with Crippen molar-refractivity contribution in [1.29, 1.82) is 0 Å². The molecule has 0 aliphatic rings. The highest BCUT2D eigenvalue weighted by Crippen LogP contribution is 2.15. The van der Waals surface area contributed by atoms with Gasteiger partial charge in [-0.1, -0.05) is 39.0 Å². The van der Waals surface area contributed by atoms with Gasteiger partial charge in [-0.05, 0) is 24.1 Å². The Hall–Kier alpha value is -1.35. The first-order chi connectivity index (χ1) is 8.13. The quantitative estimate of drug-likeness (QED) is 0.794. The maximum atomic E-state index is 11.7. The van der Waals surface area contributed by atoms with Crippen molar-refractivity contribution in [2.24, 2.45) is 5.92 Å². The van der Waals surface area contributed by atoms with Crippen LogP contribution in [0, 0.1) is 5.92 Å². The Bertz CT molecular complexity index is 361. The number of rotatable bonds is 6. The van der Waals surface area contributed by atoms with Gasteiger partial charge in [-0.2, -0.15) is 0 Å². The first-order valence-electron chi connectivity index (χ1n) is 6.22. The molecule has 0 unspecified atom stereocenters. The summed E-state index contributed by atoms with van der Waals surface area (Å²) >= 11 is 0. The third-order valence-electron chi connectivity index (χ3n) is 2.45. The van der Waals surface area contributed by atoms with Gasteiger partial charge in [0.25, 0.3) is 0 Å². The van der Waals surface area contributed by atoms with Crippen molar-refractivity contribution in [3.63, 3.8) is 0 Å². The van der Waals surface area contributed by atoms with Gasteiger partial charge >= 0.3 is 0 Å². The Kier molecular flexibility index (Phi) is 5.70. The summed E-state index contributed by atoms with van der Waals surface area (Å²) in [5, 5.41) is 6.24. The molecular weight excluding hydrogens is 212 g/mol. The number of carbonyl (C=O) groups is 1. The van der Waals surface area contributed by atoms with E-state index < -0.39 is 0 Å². The molecule has 0 heterocycles. The van der Waals surface area contributed by atoms with Crippen molar-refractivity contribution < 1.29 is 4.79 Å². The van der Waals surface area contributed by atoms with E-state index >= 15 is 0 Å². The van der Waals surface area contributed by atoms with Crippen LogP contribution in [0.2, 0.25) is 0 Å². The summed E-state index contributed by atoms with van der Waals surface area (Å²) in [6, 6.07) is 7.92. The molecule has 0 atom stereocenters. The molecule has 3 nitrogen and oxygen atoms in total. The number of hydrogen-bond donors (Lipinski definition) is 2. The third-order valence-corrected chi connectivity index (χ3v) is 2.45. The lowest BCUT2D eigenvalue weighted by atomic mass is 10.1. The molecule has 0 saturated heterocycles. The normalized spacial score (nSPS) is 10.6. The molecule has 0 bridgehead atoms. The van der Waals surface area contributed by atoms with Crippen LogP contribution in [-0.2, 0) is 11.3 Å². The number of amides is 1. The number of anilines is 1. The van der Waals surface area contributed by atoms with E-state index in [9.17, 15) is 4.79 Å². The van der Waals surface area contributed by atoms with E-state index in [1.165, 1.54) is 0 Å². The highest BCUT2D eigenvalue weighted by Gasteiger charge is 2.07. The fraction of sp³-hybridized carbons (Fsp3) is 0.500. The largest absolute Gasteiger partial charge is 0.326 e. The summed E-state index contributed by atoms with van der Waals surface area (Å²) in [4.78, 5) is 11.7. The van der Waals surface area contributed by atoms with Crippen LogP contribution >= 0.6 is 0 Å². The van der Waals surface area contributed by atoms with Gasteiger partial charge in [-0.25, -0.2) is 0 Å². The zero-order valence-electron chi connectivity index (χ0n) is 10.9. The van der Waals surface area contributed by atoms with E-state index in [-0.39, 0.29) is 5.91 Å². The highest BCUT2D eigenvalue weighted by atomic mass is 16.1. The molecule has 17 heavy (non-hydrogen) atoms. The third kappa shape index (κ3) is 5.00. The molecule has 94 valence electrons. The Labute approximate surface area is 104 Å². The minimum absolute atomic E-state index is 0.0870. The Balaban J connectivity index is 2.65. The Morgan fingerprint density at radius 2 is 2.00 bits per heavy atom. The van der Waals surface area contributed by atoms with Crippen LogP contribution in [0.25, 0.3) is 0 Å². The standard InChI is InChI=1S/C14H22N2O/c1-4-15-10-12-7-5-6-8-13(12)16-14(17)9-11(2)3/h5-8,11,15H,4,9-10H2,1-3H3,(H,16,17). The Morgan fingerprint density at radius 3 is 2.65 bits per heavy atom. The van der Waals surface area contributed by atoms with Gasteiger partial charge in [0.1, 0.15) is 0 Å². The monoisotopic (exact) mass is 234 g/mol. The van der Waals surface area contributed by atoms with E-state index in [2.05, 4.69) is 17.6 Å². The van der Waals surface area contributed by atoms with Crippen LogP contribution in [0.5, 0.6) is 0 Å². The topological polar surface area (TPSA) is 41.1 Å². The molecule has 1 aromatic rings. The van der Waals surface area contributed by atoms with E-state index in [0.717, 1.165) is 24.3 Å². The average molecular weight is 234 g/mol. The molecule has 0 fully saturated rings. The molecule has 1 aromatic carbocycles. The number of carbonyl (C=O) groups excluding carboxylic acids is 1. The van der Waals surface area contributed by atoms with E-state index in [1.54, 1.807) is 0 Å². The molecule has 2 N–H and O–H groups in total. The average Bonchev–Trinajstić information content (AvgIpc) is 2.26. The molecule has 0 saturated carbocycles. The summed E-state index contributed by atoms with van der Waals surface area (Å²) in [6.45, 7) is 7.87. The second kappa shape index (κ2) is 7.07. The molecule has 0 aliphatic carbocycles. The SMILES string of the molecule is CCNCc1ccccc1NC(=O)CC(C)C. The van der Waals surface area contributed by atoms with Gasteiger partial charge in [0.2, 0.25) is 5.91 Å². The molecule has 0 radical (unpaired) electrons. The first-order valence-corrected chi connectivity index (χ1v) is 6.22. The van der Waals surface area contributed by atoms with Crippen LogP contribution in [0.4, 0.5) is 5.69 Å². The molecule has 1 rings (SSSR count). The minimum atomic E-state index is 0.0870. The van der Waals surface area contributed by atoms with Gasteiger partial charge in [-0.15, -0.1) is 0 Å². The molecule has 0 aliphatic heterocycles. The van der Waals surface area contributed by atoms with Gasteiger partial charge < -0.3 is 10.6 Å². The van der Waals surface area contributed by atoms with E-state index in [4.69, 9.17) is 0 Å². The lowest BCUT2D eigenvalue weighted by Gasteiger charge is -2.12. The van der Waals surface area contributed by atoms with Crippen molar-refractivity contribution >= 4 is 11.6 Å². The number of hydrogen-bond acceptors (Lipinski definition) is 2. The van der Waals surface area contributed by atoms with Crippen molar-refractivity contribution in [1.82, 2.24) is 5.32 Å². The van der Waals surface area contributed by atoms with Gasteiger partial charge in [0, 0.05) is 18.7 Å². The van der Waals surface area contributed by atoms with Crippen LogP contribution in [-0.4, -0.2) is 12.5 Å². The van der Waals surface area contributed by atoms with Crippen molar-refractivity contribution in [3.8, 4) is 0 Å². The van der Waals surface area contributed by atoms with Crippen LogP contribution in [0.3, 0.4) is 0 Å². The van der Waals surface area contributed by atoms with Crippen molar-refractivity contribution in [2.45, 2.75) is 33.7 Å². The molecular formula is C14H22N2O. The van der Waals surface area contributed by atoms with E-state index in [1.807, 2.05) is 38.1 Å². The fourth-order valence-electron chi connectivity index (χ4n) is 1.63. The lowest BCUT2D eigenvalue weighted by molar-refractivity contribution is -0.116. The van der Waals surface area contributed by atoms with Gasteiger partial charge in [-0.3, -0.25) is 4.79 Å². The predicted octanol–water partition coefficient (Wildman–Crippen LogP) is 2.78. The number of nitrogens with one attached hydrogen (secondary N) is 2. The summed E-state index contributed by atoms with van der Waals surface area (Å²) in [5.74, 6) is 0.472. The first kappa shape index (κ1) is 13.7.